The van der Waals surface area contributed by atoms with Gasteiger partial charge in [-0.25, -0.2) is 0 Å². The average Bonchev–Trinajstić information content (AvgIpc) is 2.56. The fourth-order valence-electron chi connectivity index (χ4n) is 5.20. The molecular formula is C22H34. The van der Waals surface area contributed by atoms with Crippen molar-refractivity contribution in [2.45, 2.75) is 84.0 Å². The van der Waals surface area contributed by atoms with Gasteiger partial charge in [0, 0.05) is 0 Å². The van der Waals surface area contributed by atoms with Crippen molar-refractivity contribution in [1.82, 2.24) is 0 Å². The minimum Gasteiger partial charge on any atom is -0.0654 e. The molecule has 0 unspecified atom stereocenters. The molecule has 0 spiro atoms. The number of benzene rings is 1. The van der Waals surface area contributed by atoms with Crippen LogP contribution >= 0.6 is 0 Å². The second-order valence-corrected chi connectivity index (χ2v) is 8.10. The van der Waals surface area contributed by atoms with Crippen LogP contribution in [0.5, 0.6) is 0 Å². The van der Waals surface area contributed by atoms with Crippen LogP contribution in [0.2, 0.25) is 0 Å². The van der Waals surface area contributed by atoms with E-state index in [0.29, 0.717) is 0 Å². The lowest BCUT2D eigenvalue weighted by molar-refractivity contribution is 0.156. The van der Waals surface area contributed by atoms with Gasteiger partial charge in [0.05, 0.1) is 0 Å². The Labute approximate surface area is 137 Å². The van der Waals surface area contributed by atoms with Crippen LogP contribution in [0.3, 0.4) is 0 Å². The molecule has 0 saturated heterocycles. The monoisotopic (exact) mass is 298 g/mol. The summed E-state index contributed by atoms with van der Waals surface area (Å²) in [5.41, 5.74) is 3.03. The molecule has 0 heteroatoms. The molecule has 2 fully saturated rings. The van der Waals surface area contributed by atoms with Crippen LogP contribution in [0.1, 0.15) is 88.2 Å². The van der Waals surface area contributed by atoms with E-state index in [1.807, 2.05) is 0 Å². The summed E-state index contributed by atoms with van der Waals surface area (Å²) in [6.07, 6.45) is 14.8. The Morgan fingerprint density at radius 3 is 2.09 bits per heavy atom. The summed E-state index contributed by atoms with van der Waals surface area (Å²) in [6, 6.07) is 9.24. The van der Waals surface area contributed by atoms with Gasteiger partial charge in [-0.2, -0.15) is 0 Å². The Balaban J connectivity index is 1.48. The van der Waals surface area contributed by atoms with Crippen molar-refractivity contribution < 1.29 is 0 Å². The lowest BCUT2D eigenvalue weighted by atomic mass is 9.68. The SMILES string of the molecule is CCCC1CCC(C2CCC(c3cccc(C)c3)CC2)CC1. The van der Waals surface area contributed by atoms with Crippen molar-refractivity contribution in [2.75, 3.05) is 0 Å². The number of aryl methyl sites for hydroxylation is 1. The van der Waals surface area contributed by atoms with Gasteiger partial charge in [-0.15, -0.1) is 0 Å². The van der Waals surface area contributed by atoms with Crippen LogP contribution in [0.15, 0.2) is 24.3 Å². The maximum absolute atomic E-state index is 2.42. The van der Waals surface area contributed by atoms with E-state index in [0.717, 1.165) is 23.7 Å². The van der Waals surface area contributed by atoms with Gasteiger partial charge in [0.25, 0.3) is 0 Å². The Morgan fingerprint density at radius 1 is 0.864 bits per heavy atom. The first kappa shape index (κ1) is 16.1. The van der Waals surface area contributed by atoms with Crippen molar-refractivity contribution in [3.8, 4) is 0 Å². The normalized spacial score (nSPS) is 32.8. The second-order valence-electron chi connectivity index (χ2n) is 8.10. The van der Waals surface area contributed by atoms with Crippen molar-refractivity contribution in [3.63, 3.8) is 0 Å². The first-order valence-corrected chi connectivity index (χ1v) is 9.82. The fourth-order valence-corrected chi connectivity index (χ4v) is 5.20. The average molecular weight is 299 g/mol. The van der Waals surface area contributed by atoms with E-state index in [-0.39, 0.29) is 0 Å². The highest BCUT2D eigenvalue weighted by Gasteiger charge is 2.30. The van der Waals surface area contributed by atoms with Gasteiger partial charge in [0.2, 0.25) is 0 Å². The quantitative estimate of drug-likeness (QED) is 0.568. The molecule has 122 valence electrons. The third-order valence-corrected chi connectivity index (χ3v) is 6.54. The van der Waals surface area contributed by atoms with Gasteiger partial charge < -0.3 is 0 Å². The zero-order chi connectivity index (χ0) is 15.4. The van der Waals surface area contributed by atoms with Crippen LogP contribution in [-0.2, 0) is 0 Å². The van der Waals surface area contributed by atoms with Crippen molar-refractivity contribution in [2.24, 2.45) is 17.8 Å². The summed E-state index contributed by atoms with van der Waals surface area (Å²) < 4.78 is 0. The standard InChI is InChI=1S/C22H34/c1-3-5-18-8-10-19(11-9-18)20-12-14-21(15-13-20)22-7-4-6-17(2)16-22/h4,6-7,16,18-21H,3,5,8-15H2,1-2H3. The maximum Gasteiger partial charge on any atom is -0.0162 e. The molecule has 0 N–H and O–H groups in total. The van der Waals surface area contributed by atoms with E-state index < -0.39 is 0 Å². The van der Waals surface area contributed by atoms with Gasteiger partial charge >= 0.3 is 0 Å². The highest BCUT2D eigenvalue weighted by molar-refractivity contribution is 5.25. The van der Waals surface area contributed by atoms with Crippen LogP contribution in [-0.4, -0.2) is 0 Å². The molecule has 3 rings (SSSR count). The van der Waals surface area contributed by atoms with Crippen LogP contribution < -0.4 is 0 Å². The number of hydrogen-bond acceptors (Lipinski definition) is 0. The smallest absolute Gasteiger partial charge is 0.0162 e. The molecule has 2 saturated carbocycles. The first-order valence-electron chi connectivity index (χ1n) is 9.82. The molecule has 0 atom stereocenters. The molecule has 1 aromatic rings. The summed E-state index contributed by atoms with van der Waals surface area (Å²) in [5.74, 6) is 4.01. The minimum atomic E-state index is 0.840. The number of hydrogen-bond donors (Lipinski definition) is 0. The van der Waals surface area contributed by atoms with E-state index in [1.54, 1.807) is 5.56 Å². The summed E-state index contributed by atoms with van der Waals surface area (Å²) in [5, 5.41) is 0. The summed E-state index contributed by atoms with van der Waals surface area (Å²) >= 11 is 0. The molecule has 0 bridgehead atoms. The second kappa shape index (κ2) is 7.66. The summed E-state index contributed by atoms with van der Waals surface area (Å²) in [6.45, 7) is 4.57. The zero-order valence-electron chi connectivity index (χ0n) is 14.7. The van der Waals surface area contributed by atoms with E-state index in [9.17, 15) is 0 Å². The third-order valence-electron chi connectivity index (χ3n) is 6.54. The van der Waals surface area contributed by atoms with Crippen LogP contribution in [0, 0.1) is 24.7 Å². The Morgan fingerprint density at radius 2 is 1.50 bits per heavy atom. The molecule has 1 aromatic carbocycles. The molecule has 0 radical (unpaired) electrons. The molecule has 2 aliphatic rings. The zero-order valence-corrected chi connectivity index (χ0v) is 14.7. The summed E-state index contributed by atoms with van der Waals surface area (Å²) in [4.78, 5) is 0. The van der Waals surface area contributed by atoms with E-state index in [1.165, 1.54) is 69.8 Å². The Kier molecular flexibility index (Phi) is 5.61. The molecule has 2 aliphatic carbocycles. The van der Waals surface area contributed by atoms with E-state index >= 15 is 0 Å². The van der Waals surface area contributed by atoms with Crippen LogP contribution in [0.25, 0.3) is 0 Å². The lowest BCUT2D eigenvalue weighted by Gasteiger charge is -2.38. The predicted octanol–water partition coefficient (Wildman–Crippen LogP) is 6.88. The van der Waals surface area contributed by atoms with Gasteiger partial charge in [-0.3, -0.25) is 0 Å². The predicted molar refractivity (Wildman–Crippen MR) is 96.2 cm³/mol. The van der Waals surface area contributed by atoms with Gasteiger partial charge in [0.1, 0.15) is 0 Å². The lowest BCUT2D eigenvalue weighted by Crippen LogP contribution is -2.25. The molecule has 22 heavy (non-hydrogen) atoms. The maximum atomic E-state index is 2.42. The van der Waals surface area contributed by atoms with E-state index in [4.69, 9.17) is 0 Å². The van der Waals surface area contributed by atoms with Gasteiger partial charge in [-0.1, -0.05) is 62.4 Å². The van der Waals surface area contributed by atoms with Gasteiger partial charge in [0.15, 0.2) is 0 Å². The summed E-state index contributed by atoms with van der Waals surface area (Å²) in [7, 11) is 0. The third kappa shape index (κ3) is 3.94. The largest absolute Gasteiger partial charge is 0.0654 e. The molecule has 0 nitrogen and oxygen atoms in total. The van der Waals surface area contributed by atoms with Crippen molar-refractivity contribution >= 4 is 0 Å². The van der Waals surface area contributed by atoms with Crippen LogP contribution in [0.4, 0.5) is 0 Å². The van der Waals surface area contributed by atoms with Crippen molar-refractivity contribution in [1.29, 1.82) is 0 Å². The molecular weight excluding hydrogens is 264 g/mol. The number of rotatable bonds is 4. The minimum absolute atomic E-state index is 0.840. The topological polar surface area (TPSA) is 0 Å². The molecule has 0 amide bonds. The molecule has 0 aromatic heterocycles. The van der Waals surface area contributed by atoms with Crippen molar-refractivity contribution in [3.05, 3.63) is 35.4 Å². The first-order chi connectivity index (χ1) is 10.8. The Hall–Kier alpha value is -0.780. The highest BCUT2D eigenvalue weighted by Crippen LogP contribution is 2.44. The Bertz CT molecular complexity index is 445. The van der Waals surface area contributed by atoms with E-state index in [2.05, 4.69) is 38.1 Å². The van der Waals surface area contributed by atoms with Gasteiger partial charge in [-0.05, 0) is 74.7 Å². The fraction of sp³-hybridized carbons (Fsp3) is 0.727. The molecule has 0 heterocycles. The highest BCUT2D eigenvalue weighted by atomic mass is 14.4. The molecule has 0 aliphatic heterocycles.